The zero-order chi connectivity index (χ0) is 13.1. The smallest absolute Gasteiger partial charge is 0.336 e. The van der Waals surface area contributed by atoms with Crippen LogP contribution in [-0.4, -0.2) is 29.5 Å². The summed E-state index contributed by atoms with van der Waals surface area (Å²) in [7, 11) is 3.43. The Morgan fingerprint density at radius 2 is 2.24 bits per heavy atom. The Kier molecular flexibility index (Phi) is 10.5. The van der Waals surface area contributed by atoms with Crippen molar-refractivity contribution in [1.82, 2.24) is 0 Å². The van der Waals surface area contributed by atoms with E-state index in [2.05, 4.69) is 13.8 Å². The summed E-state index contributed by atoms with van der Waals surface area (Å²) in [5.41, 5.74) is 0.292. The third-order valence-corrected chi connectivity index (χ3v) is 4.77. The van der Waals surface area contributed by atoms with Gasteiger partial charge in [0.1, 0.15) is 6.61 Å². The van der Waals surface area contributed by atoms with Crippen molar-refractivity contribution in [3.63, 3.8) is 0 Å². The van der Waals surface area contributed by atoms with Gasteiger partial charge in [-0.1, -0.05) is 41.5 Å². The van der Waals surface area contributed by atoms with Gasteiger partial charge in [-0.25, -0.2) is 4.79 Å². The zero-order valence-corrected chi connectivity index (χ0v) is 12.1. The Morgan fingerprint density at radius 3 is 2.76 bits per heavy atom. The van der Waals surface area contributed by atoms with Crippen LogP contribution in [0.4, 0.5) is 0 Å². The summed E-state index contributed by atoms with van der Waals surface area (Å²) in [6.45, 7) is 5.98. The lowest BCUT2D eigenvalue weighted by Gasteiger charge is -2.04. The highest BCUT2D eigenvalue weighted by atomic mass is 33.1. The lowest BCUT2D eigenvalue weighted by molar-refractivity contribution is -0.138. The van der Waals surface area contributed by atoms with Crippen LogP contribution >= 0.6 is 21.6 Å². The summed E-state index contributed by atoms with van der Waals surface area (Å²) >= 11 is 0. The van der Waals surface area contributed by atoms with Crippen molar-refractivity contribution in [3.05, 3.63) is 23.1 Å². The van der Waals surface area contributed by atoms with E-state index in [1.54, 1.807) is 40.7 Å². The molecule has 0 aromatic heterocycles. The van der Waals surface area contributed by atoms with Gasteiger partial charge in [-0.3, -0.25) is 0 Å². The summed E-state index contributed by atoms with van der Waals surface area (Å²) in [6.07, 6.45) is 4.49. The molecule has 0 spiro atoms. The normalized spacial score (nSPS) is 14.0. The number of esters is 1. The lowest BCUT2D eigenvalue weighted by atomic mass is 10.3. The van der Waals surface area contributed by atoms with Gasteiger partial charge >= 0.3 is 5.97 Å². The molecular weight excluding hydrogens is 256 g/mol. The molecule has 0 aliphatic carbocycles. The first-order valence-corrected chi connectivity index (χ1v) is 7.83. The number of carbonyl (C=O) groups is 1. The number of carbonyl (C=O) groups excluding carboxylic acids is 1. The van der Waals surface area contributed by atoms with Crippen LogP contribution in [0.2, 0.25) is 0 Å². The molecule has 0 aromatic carbocycles. The minimum atomic E-state index is -0.459. The summed E-state index contributed by atoms with van der Waals surface area (Å²) in [5, 5.41) is 11.4. The monoisotopic (exact) mass is 276 g/mol. The van der Waals surface area contributed by atoms with Crippen molar-refractivity contribution in [2.24, 2.45) is 0 Å². The molecule has 0 aliphatic rings. The summed E-state index contributed by atoms with van der Waals surface area (Å²) in [6, 6.07) is 0. The first-order valence-electron chi connectivity index (χ1n) is 5.56. The van der Waals surface area contributed by atoms with Gasteiger partial charge in [-0.05, 0) is 24.8 Å². The van der Waals surface area contributed by atoms with Crippen LogP contribution in [0.25, 0.3) is 0 Å². The Balaban J connectivity index is 3.70. The van der Waals surface area contributed by atoms with Crippen molar-refractivity contribution < 1.29 is 14.6 Å². The van der Waals surface area contributed by atoms with Crippen LogP contribution in [0.3, 0.4) is 0 Å². The highest BCUT2D eigenvalue weighted by molar-refractivity contribution is 8.78. The third kappa shape index (κ3) is 8.35. The molecule has 0 aliphatic heterocycles. The Morgan fingerprint density at radius 1 is 1.53 bits per heavy atom. The Labute approximate surface area is 111 Å². The van der Waals surface area contributed by atoms with Crippen molar-refractivity contribution in [2.45, 2.75) is 32.4 Å². The van der Waals surface area contributed by atoms with Gasteiger partial charge in [0.15, 0.2) is 0 Å². The van der Waals surface area contributed by atoms with E-state index in [0.29, 0.717) is 10.8 Å². The van der Waals surface area contributed by atoms with Gasteiger partial charge in [0.05, 0.1) is 12.2 Å². The van der Waals surface area contributed by atoms with Crippen molar-refractivity contribution in [3.8, 4) is 0 Å². The van der Waals surface area contributed by atoms with E-state index in [0.717, 1.165) is 6.42 Å². The number of hydrogen-bond acceptors (Lipinski definition) is 5. The SMILES string of the molecule is C/C=C(\CO)C(=O)OC/C=C/SSC(C)CC. The third-order valence-electron chi connectivity index (χ3n) is 2.04. The second-order valence-corrected chi connectivity index (χ2v) is 5.97. The van der Waals surface area contributed by atoms with Crippen LogP contribution < -0.4 is 0 Å². The molecule has 0 fully saturated rings. The molecule has 1 unspecified atom stereocenters. The predicted molar refractivity (Wildman–Crippen MR) is 75.9 cm³/mol. The number of hydrogen-bond donors (Lipinski definition) is 1. The molecule has 0 rings (SSSR count). The maximum absolute atomic E-state index is 11.3. The molecule has 98 valence electrons. The van der Waals surface area contributed by atoms with E-state index in [1.807, 2.05) is 5.41 Å². The molecule has 0 radical (unpaired) electrons. The fourth-order valence-corrected chi connectivity index (χ4v) is 2.72. The van der Waals surface area contributed by atoms with Crippen LogP contribution in [0, 0.1) is 0 Å². The summed E-state index contributed by atoms with van der Waals surface area (Å²) in [4.78, 5) is 11.3. The minimum absolute atomic E-state index is 0.240. The summed E-state index contributed by atoms with van der Waals surface area (Å²) in [5.74, 6) is -0.459. The van der Waals surface area contributed by atoms with Gasteiger partial charge in [0.2, 0.25) is 0 Å². The fourth-order valence-electron chi connectivity index (χ4n) is 0.764. The van der Waals surface area contributed by atoms with E-state index in [-0.39, 0.29) is 13.2 Å². The standard InChI is InChI=1S/C12H20O3S2/c1-4-10(3)17-16-8-6-7-15-12(14)11(5-2)9-13/h5-6,8,10,13H,4,7,9H2,1-3H3/b8-6+,11-5+. The average molecular weight is 276 g/mol. The molecule has 17 heavy (non-hydrogen) atoms. The molecular formula is C12H20O3S2. The highest BCUT2D eigenvalue weighted by Gasteiger charge is 2.06. The van der Waals surface area contributed by atoms with E-state index < -0.39 is 5.97 Å². The van der Waals surface area contributed by atoms with E-state index in [4.69, 9.17) is 9.84 Å². The molecule has 0 bridgehead atoms. The number of aliphatic hydroxyl groups excluding tert-OH is 1. The lowest BCUT2D eigenvalue weighted by Crippen LogP contribution is -2.10. The molecule has 1 atom stereocenters. The highest BCUT2D eigenvalue weighted by Crippen LogP contribution is 2.28. The first-order chi connectivity index (χ1) is 8.15. The van der Waals surface area contributed by atoms with Crippen LogP contribution in [0.1, 0.15) is 27.2 Å². The van der Waals surface area contributed by atoms with Gasteiger partial charge in [-0.2, -0.15) is 0 Å². The van der Waals surface area contributed by atoms with Crippen molar-refractivity contribution in [2.75, 3.05) is 13.2 Å². The molecule has 1 N–H and O–H groups in total. The van der Waals surface area contributed by atoms with Gasteiger partial charge in [0, 0.05) is 5.25 Å². The fraction of sp³-hybridized carbons (Fsp3) is 0.583. The molecule has 0 heterocycles. The number of allylic oxidation sites excluding steroid dienone is 1. The zero-order valence-electron chi connectivity index (χ0n) is 10.5. The van der Waals surface area contributed by atoms with Gasteiger partial charge in [0.25, 0.3) is 0 Å². The van der Waals surface area contributed by atoms with E-state index in [9.17, 15) is 4.79 Å². The number of ether oxygens (including phenoxy) is 1. The number of rotatable bonds is 8. The second kappa shape index (κ2) is 10.7. The second-order valence-electron chi connectivity index (χ2n) is 3.35. The predicted octanol–water partition coefficient (Wildman–Crippen LogP) is 3.16. The minimum Gasteiger partial charge on any atom is -0.458 e. The van der Waals surface area contributed by atoms with Crippen molar-refractivity contribution in [1.29, 1.82) is 0 Å². The van der Waals surface area contributed by atoms with Crippen LogP contribution in [-0.2, 0) is 9.53 Å². The van der Waals surface area contributed by atoms with E-state index in [1.165, 1.54) is 0 Å². The number of aliphatic hydroxyl groups is 1. The Bertz CT molecular complexity index is 275. The average Bonchev–Trinajstić information content (AvgIpc) is 2.34. The largest absolute Gasteiger partial charge is 0.458 e. The van der Waals surface area contributed by atoms with Crippen LogP contribution in [0.15, 0.2) is 23.1 Å². The molecule has 0 aromatic rings. The maximum atomic E-state index is 11.3. The van der Waals surface area contributed by atoms with Crippen molar-refractivity contribution >= 4 is 27.6 Å². The quantitative estimate of drug-likeness (QED) is 0.419. The Hall–Kier alpha value is -0.390. The molecule has 0 amide bonds. The van der Waals surface area contributed by atoms with Gasteiger partial charge < -0.3 is 9.84 Å². The topological polar surface area (TPSA) is 46.5 Å². The first kappa shape index (κ1) is 16.6. The summed E-state index contributed by atoms with van der Waals surface area (Å²) < 4.78 is 4.94. The van der Waals surface area contributed by atoms with Crippen LogP contribution in [0.5, 0.6) is 0 Å². The molecule has 3 nitrogen and oxygen atoms in total. The van der Waals surface area contributed by atoms with Gasteiger partial charge in [-0.15, -0.1) is 0 Å². The molecule has 0 saturated carbocycles. The maximum Gasteiger partial charge on any atom is 0.336 e. The molecule has 0 saturated heterocycles. The van der Waals surface area contributed by atoms with E-state index >= 15 is 0 Å². The molecule has 5 heteroatoms.